The van der Waals surface area contributed by atoms with Crippen LogP contribution in [0.3, 0.4) is 0 Å². The Bertz CT molecular complexity index is 521. The van der Waals surface area contributed by atoms with E-state index in [1.807, 2.05) is 7.05 Å². The van der Waals surface area contributed by atoms with E-state index in [1.54, 1.807) is 0 Å². The van der Waals surface area contributed by atoms with Crippen LogP contribution in [-0.4, -0.2) is 63.7 Å². The molecule has 1 aromatic rings. The van der Waals surface area contributed by atoms with Crippen LogP contribution >= 0.6 is 0 Å². The number of rotatable bonds is 8. The molecular weight excluding hydrogens is 310 g/mol. The zero-order valence-corrected chi connectivity index (χ0v) is 16.2. The lowest BCUT2D eigenvalue weighted by molar-refractivity contribution is 0.253. The summed E-state index contributed by atoms with van der Waals surface area (Å²) in [5, 5.41) is 6.69. The number of nitrogens with one attached hydrogen (secondary N) is 2. The molecule has 25 heavy (non-hydrogen) atoms. The number of unbranched alkanes of at least 4 members (excludes halogenated alkanes) is 1. The Morgan fingerprint density at radius 1 is 1.08 bits per heavy atom. The zero-order valence-electron chi connectivity index (χ0n) is 16.2. The first kappa shape index (κ1) is 19.6. The van der Waals surface area contributed by atoms with Crippen LogP contribution in [0.25, 0.3) is 0 Å². The summed E-state index contributed by atoms with van der Waals surface area (Å²) in [6, 6.07) is 8.85. The lowest BCUT2D eigenvalue weighted by atomic mass is 10.2. The summed E-state index contributed by atoms with van der Waals surface area (Å²) >= 11 is 0. The van der Waals surface area contributed by atoms with E-state index in [-0.39, 0.29) is 0 Å². The van der Waals surface area contributed by atoms with Crippen LogP contribution in [0.2, 0.25) is 0 Å². The predicted molar refractivity (Wildman–Crippen MR) is 109 cm³/mol. The normalized spacial score (nSPS) is 16.1. The molecule has 0 unspecified atom stereocenters. The van der Waals surface area contributed by atoms with Crippen LogP contribution < -0.4 is 15.5 Å². The Balaban J connectivity index is 1.58. The Morgan fingerprint density at radius 2 is 1.84 bits per heavy atom. The Hall–Kier alpha value is -1.75. The van der Waals surface area contributed by atoms with E-state index < -0.39 is 0 Å². The van der Waals surface area contributed by atoms with Crippen LogP contribution in [0, 0.1) is 6.92 Å². The van der Waals surface area contributed by atoms with Gasteiger partial charge in [-0.1, -0.05) is 19.1 Å². The lowest BCUT2D eigenvalue weighted by Gasteiger charge is -2.36. The maximum atomic E-state index is 4.23. The minimum absolute atomic E-state index is 0.925. The second kappa shape index (κ2) is 11.0. The fourth-order valence-corrected chi connectivity index (χ4v) is 3.19. The SMILES string of the molecule is CCCNC(=NC)NCCCCN1CCN(c2cccc(C)c2)CC1. The third-order valence-electron chi connectivity index (χ3n) is 4.70. The summed E-state index contributed by atoms with van der Waals surface area (Å²) < 4.78 is 0. The number of aryl methyl sites for hydroxylation is 1. The van der Waals surface area contributed by atoms with E-state index in [1.165, 1.54) is 43.7 Å². The van der Waals surface area contributed by atoms with E-state index in [4.69, 9.17) is 0 Å². The van der Waals surface area contributed by atoms with E-state index >= 15 is 0 Å². The van der Waals surface area contributed by atoms with E-state index in [0.29, 0.717) is 0 Å². The van der Waals surface area contributed by atoms with Gasteiger partial charge in [-0.25, -0.2) is 0 Å². The molecule has 0 spiro atoms. The van der Waals surface area contributed by atoms with Gasteiger partial charge in [-0.05, 0) is 50.4 Å². The highest BCUT2D eigenvalue weighted by atomic mass is 15.3. The molecule has 140 valence electrons. The van der Waals surface area contributed by atoms with Crippen molar-refractivity contribution in [2.24, 2.45) is 4.99 Å². The smallest absolute Gasteiger partial charge is 0.190 e. The molecular formula is C20H35N5. The Kier molecular flexibility index (Phi) is 8.60. The standard InChI is InChI=1S/C20H35N5/c1-4-10-22-20(21-3)23-11-5-6-12-24-13-15-25(16-14-24)19-9-7-8-18(2)17-19/h7-9,17H,4-6,10-16H2,1-3H3,(H2,21,22,23). The molecule has 5 nitrogen and oxygen atoms in total. The summed E-state index contributed by atoms with van der Waals surface area (Å²) in [6.07, 6.45) is 3.54. The summed E-state index contributed by atoms with van der Waals surface area (Å²) in [4.78, 5) is 9.34. The molecule has 0 bridgehead atoms. The van der Waals surface area contributed by atoms with Gasteiger partial charge in [0.25, 0.3) is 0 Å². The highest BCUT2D eigenvalue weighted by molar-refractivity contribution is 5.79. The van der Waals surface area contributed by atoms with Crippen molar-refractivity contribution in [2.45, 2.75) is 33.1 Å². The Labute approximate surface area is 153 Å². The Morgan fingerprint density at radius 3 is 2.52 bits per heavy atom. The number of anilines is 1. The molecule has 0 saturated carbocycles. The van der Waals surface area contributed by atoms with Crippen molar-refractivity contribution in [3.05, 3.63) is 29.8 Å². The molecule has 2 N–H and O–H groups in total. The number of hydrogen-bond acceptors (Lipinski definition) is 3. The van der Waals surface area contributed by atoms with Crippen molar-refractivity contribution in [1.82, 2.24) is 15.5 Å². The molecule has 1 aliphatic rings. The molecule has 0 amide bonds. The number of guanidine groups is 1. The van der Waals surface area contributed by atoms with Crippen LogP contribution in [-0.2, 0) is 0 Å². The fourth-order valence-electron chi connectivity index (χ4n) is 3.19. The summed E-state index contributed by atoms with van der Waals surface area (Å²) in [5.41, 5.74) is 2.71. The van der Waals surface area contributed by atoms with E-state index in [9.17, 15) is 0 Å². The van der Waals surface area contributed by atoms with Crippen molar-refractivity contribution in [1.29, 1.82) is 0 Å². The number of aliphatic imine (C=N–C) groups is 1. The van der Waals surface area contributed by atoms with Crippen LogP contribution in [0.4, 0.5) is 5.69 Å². The molecule has 1 aromatic carbocycles. The van der Waals surface area contributed by atoms with Crippen LogP contribution in [0.15, 0.2) is 29.3 Å². The van der Waals surface area contributed by atoms with Gasteiger partial charge in [-0.3, -0.25) is 9.89 Å². The molecule has 0 aliphatic carbocycles. The summed E-state index contributed by atoms with van der Waals surface area (Å²) in [7, 11) is 1.83. The second-order valence-corrected chi connectivity index (χ2v) is 6.80. The lowest BCUT2D eigenvalue weighted by Crippen LogP contribution is -2.46. The van der Waals surface area contributed by atoms with Crippen molar-refractivity contribution in [3.8, 4) is 0 Å². The van der Waals surface area contributed by atoms with Crippen LogP contribution in [0.1, 0.15) is 31.7 Å². The van der Waals surface area contributed by atoms with Crippen molar-refractivity contribution in [3.63, 3.8) is 0 Å². The molecule has 1 heterocycles. The topological polar surface area (TPSA) is 42.9 Å². The van der Waals surface area contributed by atoms with Gasteiger partial charge in [0.1, 0.15) is 0 Å². The first-order valence-corrected chi connectivity index (χ1v) is 9.71. The summed E-state index contributed by atoms with van der Waals surface area (Å²) in [6.45, 7) is 12.1. The second-order valence-electron chi connectivity index (χ2n) is 6.80. The minimum Gasteiger partial charge on any atom is -0.369 e. The maximum absolute atomic E-state index is 4.23. The third kappa shape index (κ3) is 6.94. The molecule has 1 aliphatic heterocycles. The van der Waals surface area contributed by atoms with Gasteiger partial charge in [0.15, 0.2) is 5.96 Å². The number of hydrogen-bond donors (Lipinski definition) is 2. The average molecular weight is 346 g/mol. The van der Waals surface area contributed by atoms with E-state index in [2.05, 4.69) is 63.5 Å². The molecule has 1 fully saturated rings. The van der Waals surface area contributed by atoms with Crippen molar-refractivity contribution >= 4 is 11.6 Å². The number of nitrogens with zero attached hydrogens (tertiary/aromatic N) is 3. The maximum Gasteiger partial charge on any atom is 0.190 e. The van der Waals surface area contributed by atoms with Crippen LogP contribution in [0.5, 0.6) is 0 Å². The molecule has 1 saturated heterocycles. The molecule has 0 radical (unpaired) electrons. The van der Waals surface area contributed by atoms with Gasteiger partial charge >= 0.3 is 0 Å². The largest absolute Gasteiger partial charge is 0.369 e. The van der Waals surface area contributed by atoms with Gasteiger partial charge in [-0.2, -0.15) is 0 Å². The summed E-state index contributed by atoms with van der Waals surface area (Å²) in [5.74, 6) is 0.925. The minimum atomic E-state index is 0.925. The highest BCUT2D eigenvalue weighted by Gasteiger charge is 2.16. The van der Waals surface area contributed by atoms with Crippen molar-refractivity contribution in [2.75, 3.05) is 57.8 Å². The van der Waals surface area contributed by atoms with E-state index in [0.717, 1.165) is 38.6 Å². The number of piperazine rings is 1. The van der Waals surface area contributed by atoms with Gasteiger partial charge in [0.05, 0.1) is 0 Å². The van der Waals surface area contributed by atoms with Gasteiger partial charge in [0.2, 0.25) is 0 Å². The molecule has 0 atom stereocenters. The highest BCUT2D eigenvalue weighted by Crippen LogP contribution is 2.17. The number of benzene rings is 1. The van der Waals surface area contributed by atoms with Gasteiger partial charge < -0.3 is 15.5 Å². The zero-order chi connectivity index (χ0) is 17.9. The first-order chi connectivity index (χ1) is 12.2. The van der Waals surface area contributed by atoms with Gasteiger partial charge in [-0.15, -0.1) is 0 Å². The third-order valence-corrected chi connectivity index (χ3v) is 4.70. The predicted octanol–water partition coefficient (Wildman–Crippen LogP) is 2.47. The fraction of sp³-hybridized carbons (Fsp3) is 0.650. The molecule has 5 heteroatoms. The molecule has 2 rings (SSSR count). The first-order valence-electron chi connectivity index (χ1n) is 9.71. The van der Waals surface area contributed by atoms with Crippen molar-refractivity contribution < 1.29 is 0 Å². The molecule has 0 aromatic heterocycles. The quantitative estimate of drug-likeness (QED) is 0.432. The van der Waals surface area contributed by atoms with Gasteiger partial charge in [0, 0.05) is 52.0 Å². The average Bonchev–Trinajstić information content (AvgIpc) is 2.64. The monoisotopic (exact) mass is 345 g/mol.